The molecule has 7 heteroatoms. The molecule has 3 heterocycles. The van der Waals surface area contributed by atoms with Crippen molar-refractivity contribution in [3.05, 3.63) is 42.1 Å². The normalized spacial score (nSPS) is 11.2. The Morgan fingerprint density at radius 2 is 2.11 bits per heavy atom. The molecule has 3 aromatic heterocycles. The molecule has 1 N–H and O–H groups in total. The van der Waals surface area contributed by atoms with Gasteiger partial charge in [-0.1, -0.05) is 11.3 Å². The van der Waals surface area contributed by atoms with Gasteiger partial charge in [0.15, 0.2) is 11.5 Å². The molecule has 0 saturated heterocycles. The van der Waals surface area contributed by atoms with Crippen molar-refractivity contribution in [2.24, 2.45) is 7.05 Å². The van der Waals surface area contributed by atoms with E-state index in [2.05, 4.69) is 25.8 Å². The van der Waals surface area contributed by atoms with Crippen molar-refractivity contribution in [1.29, 1.82) is 0 Å². The van der Waals surface area contributed by atoms with Crippen LogP contribution in [0.1, 0.15) is 11.5 Å². The van der Waals surface area contributed by atoms with Crippen LogP contribution in [0.2, 0.25) is 0 Å². The molecule has 3 rings (SSSR count). The molecule has 0 fully saturated rings. The summed E-state index contributed by atoms with van der Waals surface area (Å²) in [6.07, 6.45) is 3.84. The molecule has 0 unspecified atom stereocenters. The maximum absolute atomic E-state index is 4.14. The number of hydrogen-bond donors (Lipinski definition) is 1. The van der Waals surface area contributed by atoms with Gasteiger partial charge in [-0.05, 0) is 12.1 Å². The molecule has 3 aromatic rings. The zero-order valence-electron chi connectivity index (χ0n) is 9.98. The molecule has 0 bridgehead atoms. The van der Waals surface area contributed by atoms with Crippen LogP contribution in [-0.4, -0.2) is 29.6 Å². The molecular weight excluding hydrogens is 230 g/mol. The van der Waals surface area contributed by atoms with Crippen molar-refractivity contribution in [2.75, 3.05) is 0 Å². The minimum atomic E-state index is 0.641. The molecule has 0 aliphatic carbocycles. The molecule has 0 aliphatic heterocycles. The fourth-order valence-corrected chi connectivity index (χ4v) is 1.79. The van der Waals surface area contributed by atoms with Crippen LogP contribution in [0.25, 0.3) is 5.65 Å². The van der Waals surface area contributed by atoms with Crippen LogP contribution in [0.5, 0.6) is 0 Å². The lowest BCUT2D eigenvalue weighted by atomic mass is 10.4. The van der Waals surface area contributed by atoms with Crippen LogP contribution >= 0.6 is 0 Å². The highest BCUT2D eigenvalue weighted by Crippen LogP contribution is 2.02. The SMILES string of the molecule is Cn1cc(CNCc2nnc3ccccn23)nn1. The summed E-state index contributed by atoms with van der Waals surface area (Å²) in [5, 5.41) is 19.4. The summed E-state index contributed by atoms with van der Waals surface area (Å²) in [6, 6.07) is 5.84. The van der Waals surface area contributed by atoms with Crippen LogP contribution in [0.3, 0.4) is 0 Å². The Hall–Kier alpha value is -2.28. The average molecular weight is 243 g/mol. The number of nitrogens with one attached hydrogen (secondary N) is 1. The van der Waals surface area contributed by atoms with Gasteiger partial charge in [0.05, 0.1) is 12.2 Å². The van der Waals surface area contributed by atoms with E-state index in [0.29, 0.717) is 13.1 Å². The first-order chi connectivity index (χ1) is 8.83. The molecule has 92 valence electrons. The number of nitrogens with zero attached hydrogens (tertiary/aromatic N) is 6. The van der Waals surface area contributed by atoms with E-state index in [1.54, 1.807) is 4.68 Å². The molecule has 0 spiro atoms. The van der Waals surface area contributed by atoms with E-state index >= 15 is 0 Å². The highest BCUT2D eigenvalue weighted by molar-refractivity contribution is 5.36. The lowest BCUT2D eigenvalue weighted by molar-refractivity contribution is 0.644. The minimum absolute atomic E-state index is 0.641. The van der Waals surface area contributed by atoms with Crippen molar-refractivity contribution in [3.8, 4) is 0 Å². The smallest absolute Gasteiger partial charge is 0.160 e. The Morgan fingerprint density at radius 1 is 1.17 bits per heavy atom. The fourth-order valence-electron chi connectivity index (χ4n) is 1.79. The van der Waals surface area contributed by atoms with E-state index < -0.39 is 0 Å². The predicted octanol–water partition coefficient (Wildman–Crippen LogP) is 0.148. The van der Waals surface area contributed by atoms with Gasteiger partial charge in [-0.25, -0.2) is 0 Å². The van der Waals surface area contributed by atoms with E-state index in [1.807, 2.05) is 42.0 Å². The molecule has 0 aliphatic rings. The first kappa shape index (κ1) is 10.8. The number of fused-ring (bicyclic) bond motifs is 1. The van der Waals surface area contributed by atoms with E-state index in [4.69, 9.17) is 0 Å². The van der Waals surface area contributed by atoms with Gasteiger partial charge in [0.2, 0.25) is 0 Å². The van der Waals surface area contributed by atoms with Crippen molar-refractivity contribution >= 4 is 5.65 Å². The van der Waals surface area contributed by atoms with E-state index in [9.17, 15) is 0 Å². The van der Waals surface area contributed by atoms with Crippen molar-refractivity contribution in [2.45, 2.75) is 13.1 Å². The second kappa shape index (κ2) is 4.53. The Kier molecular flexibility index (Phi) is 2.73. The second-order valence-electron chi connectivity index (χ2n) is 4.03. The molecule has 0 amide bonds. The summed E-state index contributed by atoms with van der Waals surface area (Å²) in [5.41, 5.74) is 1.76. The molecule has 7 nitrogen and oxygen atoms in total. The van der Waals surface area contributed by atoms with Crippen molar-refractivity contribution < 1.29 is 0 Å². The van der Waals surface area contributed by atoms with Gasteiger partial charge >= 0.3 is 0 Å². The second-order valence-corrected chi connectivity index (χ2v) is 4.03. The third-order valence-corrected chi connectivity index (χ3v) is 2.62. The number of aromatic nitrogens is 6. The number of rotatable bonds is 4. The maximum Gasteiger partial charge on any atom is 0.160 e. The monoisotopic (exact) mass is 243 g/mol. The summed E-state index contributed by atoms with van der Waals surface area (Å²) in [4.78, 5) is 0. The molecule has 0 saturated carbocycles. The maximum atomic E-state index is 4.14. The van der Waals surface area contributed by atoms with Crippen LogP contribution in [-0.2, 0) is 20.1 Å². The van der Waals surface area contributed by atoms with Crippen molar-refractivity contribution in [3.63, 3.8) is 0 Å². The Morgan fingerprint density at radius 3 is 2.94 bits per heavy atom. The lowest BCUT2D eigenvalue weighted by Crippen LogP contribution is -2.15. The summed E-state index contributed by atoms with van der Waals surface area (Å²) in [6.45, 7) is 1.30. The number of hydrogen-bond acceptors (Lipinski definition) is 5. The topological polar surface area (TPSA) is 72.9 Å². The first-order valence-corrected chi connectivity index (χ1v) is 5.67. The quantitative estimate of drug-likeness (QED) is 0.706. The number of pyridine rings is 1. The Labute approximate surface area is 103 Å². The van der Waals surface area contributed by atoms with Crippen LogP contribution in [0, 0.1) is 0 Å². The van der Waals surface area contributed by atoms with E-state index in [0.717, 1.165) is 17.2 Å². The van der Waals surface area contributed by atoms with Crippen LogP contribution in [0.4, 0.5) is 0 Å². The highest BCUT2D eigenvalue weighted by Gasteiger charge is 2.04. The Bertz CT molecular complexity index is 654. The van der Waals surface area contributed by atoms with Crippen molar-refractivity contribution in [1.82, 2.24) is 34.9 Å². The molecule has 0 atom stereocenters. The minimum Gasteiger partial charge on any atom is -0.304 e. The summed E-state index contributed by atoms with van der Waals surface area (Å²) >= 11 is 0. The predicted molar refractivity (Wildman–Crippen MR) is 64.5 cm³/mol. The zero-order valence-corrected chi connectivity index (χ0v) is 9.98. The van der Waals surface area contributed by atoms with Crippen LogP contribution in [0.15, 0.2) is 30.6 Å². The van der Waals surface area contributed by atoms with Gasteiger partial charge < -0.3 is 5.32 Å². The van der Waals surface area contributed by atoms with E-state index in [-0.39, 0.29) is 0 Å². The van der Waals surface area contributed by atoms with E-state index in [1.165, 1.54) is 0 Å². The van der Waals surface area contributed by atoms with Gasteiger partial charge in [0.25, 0.3) is 0 Å². The molecular formula is C11H13N7. The van der Waals surface area contributed by atoms with Gasteiger partial charge in [-0.2, -0.15) is 0 Å². The van der Waals surface area contributed by atoms with Crippen LogP contribution < -0.4 is 5.32 Å². The summed E-state index contributed by atoms with van der Waals surface area (Å²) < 4.78 is 3.65. The molecule has 0 aromatic carbocycles. The summed E-state index contributed by atoms with van der Waals surface area (Å²) in [5.74, 6) is 0.884. The average Bonchev–Trinajstić information content (AvgIpc) is 2.97. The highest BCUT2D eigenvalue weighted by atomic mass is 15.4. The van der Waals surface area contributed by atoms with Gasteiger partial charge in [-0.15, -0.1) is 15.3 Å². The first-order valence-electron chi connectivity index (χ1n) is 5.67. The standard InChI is InChI=1S/C11H13N7/c1-17-8-9(13-16-17)6-12-7-11-15-14-10-4-2-3-5-18(10)11/h2-5,8,12H,6-7H2,1H3. The Balaban J connectivity index is 1.66. The largest absolute Gasteiger partial charge is 0.304 e. The summed E-state index contributed by atoms with van der Waals surface area (Å²) in [7, 11) is 1.85. The van der Waals surface area contributed by atoms with Gasteiger partial charge in [-0.3, -0.25) is 9.08 Å². The van der Waals surface area contributed by atoms with Gasteiger partial charge in [0, 0.05) is 26.0 Å². The zero-order chi connectivity index (χ0) is 12.4. The number of aryl methyl sites for hydroxylation is 1. The molecule has 0 radical (unpaired) electrons. The lowest BCUT2D eigenvalue weighted by Gasteiger charge is -2.00. The van der Waals surface area contributed by atoms with Gasteiger partial charge in [0.1, 0.15) is 0 Å². The third kappa shape index (κ3) is 2.07. The molecule has 18 heavy (non-hydrogen) atoms. The fraction of sp³-hybridized carbons (Fsp3) is 0.273. The third-order valence-electron chi connectivity index (χ3n) is 2.62.